The minimum Gasteiger partial charge on any atom is -0.361 e. The molecule has 1 aromatic carbocycles. The predicted octanol–water partition coefficient (Wildman–Crippen LogP) is 0.596. The first kappa shape index (κ1) is 14.5. The normalized spacial score (nSPS) is 18.6. The third kappa shape index (κ3) is 2.99. The summed E-state index contributed by atoms with van der Waals surface area (Å²) in [5.74, 6) is -1.66. The number of fused-ring (bicyclic) bond motifs is 1. The summed E-state index contributed by atoms with van der Waals surface area (Å²) < 4.78 is 0. The van der Waals surface area contributed by atoms with E-state index in [-0.39, 0.29) is 6.04 Å². The smallest absolute Gasteiger partial charge is 0.309 e. The third-order valence-electron chi connectivity index (χ3n) is 3.80. The molecule has 2 rings (SSSR count). The third-order valence-corrected chi connectivity index (χ3v) is 3.80. The number of hydrogen-bond donors (Lipinski definition) is 2. The van der Waals surface area contributed by atoms with Crippen LogP contribution in [-0.2, 0) is 16.0 Å². The van der Waals surface area contributed by atoms with E-state index in [1.807, 2.05) is 12.1 Å². The van der Waals surface area contributed by atoms with Gasteiger partial charge in [-0.15, -0.1) is 0 Å². The van der Waals surface area contributed by atoms with E-state index in [2.05, 4.69) is 36.2 Å². The van der Waals surface area contributed by atoms with Crippen molar-refractivity contribution in [2.45, 2.75) is 32.4 Å². The van der Waals surface area contributed by atoms with Crippen LogP contribution in [0.15, 0.2) is 24.3 Å². The summed E-state index contributed by atoms with van der Waals surface area (Å²) in [6.07, 6.45) is 1.01. The van der Waals surface area contributed by atoms with Crippen molar-refractivity contribution in [2.75, 3.05) is 13.1 Å². The number of benzene rings is 1. The van der Waals surface area contributed by atoms with Crippen LogP contribution in [0.3, 0.4) is 0 Å². The van der Waals surface area contributed by atoms with Gasteiger partial charge in [0.15, 0.2) is 0 Å². The van der Waals surface area contributed by atoms with Gasteiger partial charge in [0.05, 0.1) is 6.04 Å². The van der Waals surface area contributed by atoms with E-state index in [1.165, 1.54) is 11.1 Å². The lowest BCUT2D eigenvalue weighted by Crippen LogP contribution is -2.47. The van der Waals surface area contributed by atoms with E-state index in [9.17, 15) is 9.59 Å². The van der Waals surface area contributed by atoms with Gasteiger partial charge >= 0.3 is 11.8 Å². The van der Waals surface area contributed by atoms with Gasteiger partial charge in [-0.05, 0) is 31.4 Å². The molecule has 20 heavy (non-hydrogen) atoms. The molecule has 1 heterocycles. The Balaban J connectivity index is 2.20. The Morgan fingerprint density at radius 3 is 2.75 bits per heavy atom. The van der Waals surface area contributed by atoms with Gasteiger partial charge in [0.1, 0.15) is 0 Å². The summed E-state index contributed by atoms with van der Waals surface area (Å²) in [5, 5.41) is 2.62. The van der Waals surface area contributed by atoms with Crippen LogP contribution in [0.25, 0.3) is 0 Å². The summed E-state index contributed by atoms with van der Waals surface area (Å²) >= 11 is 0. The van der Waals surface area contributed by atoms with Gasteiger partial charge in [-0.1, -0.05) is 24.3 Å². The molecule has 0 spiro atoms. The fourth-order valence-electron chi connectivity index (χ4n) is 2.79. The van der Waals surface area contributed by atoms with E-state index in [4.69, 9.17) is 5.73 Å². The molecule has 1 aliphatic heterocycles. The first-order valence-electron chi connectivity index (χ1n) is 6.92. The van der Waals surface area contributed by atoms with Crippen LogP contribution in [0, 0.1) is 0 Å². The molecule has 1 unspecified atom stereocenters. The summed E-state index contributed by atoms with van der Waals surface area (Å²) in [4.78, 5) is 24.5. The molecule has 5 heteroatoms. The number of nitrogens with one attached hydrogen (secondary N) is 1. The molecule has 0 aromatic heterocycles. The Hall–Kier alpha value is -1.88. The Kier molecular flexibility index (Phi) is 4.39. The van der Waals surface area contributed by atoms with Gasteiger partial charge in [-0.25, -0.2) is 0 Å². The molecule has 1 aromatic rings. The van der Waals surface area contributed by atoms with Gasteiger partial charge in [0.25, 0.3) is 0 Å². The van der Waals surface area contributed by atoms with Crippen LogP contribution in [0.4, 0.5) is 0 Å². The average Bonchev–Trinajstić information content (AvgIpc) is 2.43. The second-order valence-corrected chi connectivity index (χ2v) is 5.37. The van der Waals surface area contributed by atoms with Crippen LogP contribution >= 0.6 is 0 Å². The molecule has 1 aliphatic rings. The highest BCUT2D eigenvalue weighted by Gasteiger charge is 2.29. The molecular weight excluding hydrogens is 254 g/mol. The van der Waals surface area contributed by atoms with Crippen LogP contribution in [0.5, 0.6) is 0 Å². The summed E-state index contributed by atoms with van der Waals surface area (Å²) in [6, 6.07) is 8.71. The van der Waals surface area contributed by atoms with E-state index in [0.29, 0.717) is 12.6 Å². The Bertz CT molecular complexity index is 514. The van der Waals surface area contributed by atoms with Crippen molar-refractivity contribution in [1.82, 2.24) is 10.2 Å². The molecule has 5 nitrogen and oxygen atoms in total. The SMILES string of the molecule is CC(C)N1CCc2ccccc2C1CNC(=O)C(N)=O. The summed E-state index contributed by atoms with van der Waals surface area (Å²) in [5.41, 5.74) is 7.50. The maximum atomic E-state index is 11.4. The highest BCUT2D eigenvalue weighted by molar-refractivity contribution is 6.34. The molecule has 108 valence electrons. The van der Waals surface area contributed by atoms with E-state index >= 15 is 0 Å². The minimum absolute atomic E-state index is 0.0863. The zero-order valence-electron chi connectivity index (χ0n) is 11.9. The molecule has 0 radical (unpaired) electrons. The Labute approximate surface area is 119 Å². The fourth-order valence-corrected chi connectivity index (χ4v) is 2.79. The van der Waals surface area contributed by atoms with E-state index in [1.54, 1.807) is 0 Å². The van der Waals surface area contributed by atoms with Crippen molar-refractivity contribution < 1.29 is 9.59 Å². The van der Waals surface area contributed by atoms with E-state index < -0.39 is 11.8 Å². The monoisotopic (exact) mass is 275 g/mol. The fraction of sp³-hybridized carbons (Fsp3) is 0.467. The number of amides is 2. The largest absolute Gasteiger partial charge is 0.361 e. The van der Waals surface area contributed by atoms with Gasteiger partial charge < -0.3 is 11.1 Å². The zero-order valence-corrected chi connectivity index (χ0v) is 11.9. The predicted molar refractivity (Wildman–Crippen MR) is 76.9 cm³/mol. The number of primary amides is 1. The highest BCUT2D eigenvalue weighted by atomic mass is 16.2. The number of carbonyl (C=O) groups is 2. The maximum absolute atomic E-state index is 11.4. The van der Waals surface area contributed by atoms with Gasteiger partial charge in [0.2, 0.25) is 0 Å². The first-order valence-corrected chi connectivity index (χ1v) is 6.92. The lowest BCUT2D eigenvalue weighted by Gasteiger charge is -2.40. The maximum Gasteiger partial charge on any atom is 0.309 e. The minimum atomic E-state index is -0.940. The zero-order chi connectivity index (χ0) is 14.7. The quantitative estimate of drug-likeness (QED) is 0.793. The van der Waals surface area contributed by atoms with Crippen molar-refractivity contribution >= 4 is 11.8 Å². The molecular formula is C15H21N3O2. The Morgan fingerprint density at radius 2 is 2.10 bits per heavy atom. The molecule has 0 aliphatic carbocycles. The van der Waals surface area contributed by atoms with Crippen molar-refractivity contribution in [1.29, 1.82) is 0 Å². The van der Waals surface area contributed by atoms with Crippen molar-refractivity contribution in [3.63, 3.8) is 0 Å². The second-order valence-electron chi connectivity index (χ2n) is 5.37. The number of carbonyl (C=O) groups excluding carboxylic acids is 2. The highest BCUT2D eigenvalue weighted by Crippen LogP contribution is 2.30. The van der Waals surface area contributed by atoms with Gasteiger partial charge in [-0.3, -0.25) is 14.5 Å². The van der Waals surface area contributed by atoms with Gasteiger partial charge in [0, 0.05) is 19.1 Å². The number of rotatable bonds is 3. The number of nitrogens with two attached hydrogens (primary N) is 1. The molecule has 2 amide bonds. The Morgan fingerprint density at radius 1 is 1.40 bits per heavy atom. The first-order chi connectivity index (χ1) is 9.50. The molecule has 0 saturated heterocycles. The van der Waals surface area contributed by atoms with Crippen LogP contribution in [0.2, 0.25) is 0 Å². The molecule has 0 saturated carbocycles. The number of hydrogen-bond acceptors (Lipinski definition) is 3. The summed E-state index contributed by atoms with van der Waals surface area (Å²) in [6.45, 7) is 5.62. The average molecular weight is 275 g/mol. The lowest BCUT2D eigenvalue weighted by molar-refractivity contribution is -0.137. The number of nitrogens with zero attached hydrogens (tertiary/aromatic N) is 1. The standard InChI is InChI=1S/C15H21N3O2/c1-10(2)18-8-7-11-5-3-4-6-12(11)13(18)9-17-15(20)14(16)19/h3-6,10,13H,7-9H2,1-2H3,(H2,16,19)(H,17,20). The molecule has 0 bridgehead atoms. The topological polar surface area (TPSA) is 75.4 Å². The molecule has 1 atom stereocenters. The second kappa shape index (κ2) is 6.05. The van der Waals surface area contributed by atoms with Crippen molar-refractivity contribution in [2.24, 2.45) is 5.73 Å². The van der Waals surface area contributed by atoms with Crippen molar-refractivity contribution in [3.05, 3.63) is 35.4 Å². The van der Waals surface area contributed by atoms with Crippen LogP contribution in [-0.4, -0.2) is 35.8 Å². The van der Waals surface area contributed by atoms with Crippen LogP contribution < -0.4 is 11.1 Å². The lowest BCUT2D eigenvalue weighted by atomic mass is 9.91. The van der Waals surface area contributed by atoms with E-state index in [0.717, 1.165) is 13.0 Å². The van der Waals surface area contributed by atoms with Crippen molar-refractivity contribution in [3.8, 4) is 0 Å². The van der Waals surface area contributed by atoms with Crippen LogP contribution in [0.1, 0.15) is 31.0 Å². The molecule has 3 N–H and O–H groups in total. The van der Waals surface area contributed by atoms with Gasteiger partial charge in [-0.2, -0.15) is 0 Å². The molecule has 0 fully saturated rings. The summed E-state index contributed by atoms with van der Waals surface area (Å²) in [7, 11) is 0.